The van der Waals surface area contributed by atoms with Crippen molar-refractivity contribution in [1.82, 2.24) is 9.88 Å². The Kier molecular flexibility index (Phi) is 5.44. The van der Waals surface area contributed by atoms with E-state index in [1.165, 1.54) is 6.26 Å². The minimum atomic E-state index is -0.0633. The molecule has 0 aliphatic carbocycles. The fourth-order valence-corrected chi connectivity index (χ4v) is 3.52. The molecule has 0 N–H and O–H groups in total. The maximum absolute atomic E-state index is 12.6. The molecule has 1 aliphatic heterocycles. The van der Waals surface area contributed by atoms with Crippen LogP contribution in [0.5, 0.6) is 5.75 Å². The summed E-state index contributed by atoms with van der Waals surface area (Å²) in [5, 5.41) is 9.41. The molecule has 154 valence electrons. The van der Waals surface area contributed by atoms with Crippen LogP contribution in [0, 0.1) is 25.2 Å². The molecule has 1 aliphatic rings. The zero-order valence-corrected chi connectivity index (χ0v) is 16.9. The number of aromatic nitrogens is 1. The van der Waals surface area contributed by atoms with E-state index in [1.54, 1.807) is 17.0 Å². The number of carbonyl (C=O) groups excluding carboxylic acids is 1. The van der Waals surface area contributed by atoms with E-state index in [9.17, 15) is 10.1 Å². The molecule has 30 heavy (non-hydrogen) atoms. The molecule has 1 amide bonds. The highest BCUT2D eigenvalue weighted by Crippen LogP contribution is 2.29. The Balaban J connectivity index is 1.37. The fraction of sp³-hybridized carbons (Fsp3) is 0.318. The number of hydrogen-bond acceptors (Lipinski definition) is 7. The Hall–Kier alpha value is -3.73. The third kappa shape index (κ3) is 3.87. The Morgan fingerprint density at radius 3 is 2.53 bits per heavy atom. The van der Waals surface area contributed by atoms with Gasteiger partial charge in [-0.3, -0.25) is 4.79 Å². The van der Waals surface area contributed by atoms with Gasteiger partial charge in [-0.2, -0.15) is 10.2 Å². The monoisotopic (exact) mass is 406 g/mol. The topological polar surface area (TPSA) is 95.7 Å². The summed E-state index contributed by atoms with van der Waals surface area (Å²) in [7, 11) is 0. The molecule has 8 nitrogen and oxygen atoms in total. The summed E-state index contributed by atoms with van der Waals surface area (Å²) in [6.07, 6.45) is 1.52. The van der Waals surface area contributed by atoms with Gasteiger partial charge in [0.05, 0.1) is 6.26 Å². The number of amides is 1. The van der Waals surface area contributed by atoms with Gasteiger partial charge in [0.25, 0.3) is 11.8 Å². The van der Waals surface area contributed by atoms with Gasteiger partial charge in [-0.05, 0) is 37.1 Å². The van der Waals surface area contributed by atoms with Crippen molar-refractivity contribution in [3.05, 3.63) is 53.4 Å². The van der Waals surface area contributed by atoms with Gasteiger partial charge >= 0.3 is 0 Å². The zero-order valence-electron chi connectivity index (χ0n) is 16.9. The third-order valence-electron chi connectivity index (χ3n) is 5.12. The number of furan rings is 1. The van der Waals surface area contributed by atoms with Crippen molar-refractivity contribution >= 4 is 11.8 Å². The van der Waals surface area contributed by atoms with Crippen molar-refractivity contribution in [3.63, 3.8) is 0 Å². The van der Waals surface area contributed by atoms with E-state index in [2.05, 4.69) is 11.1 Å². The number of nitrogens with zero attached hydrogens (tertiary/aromatic N) is 4. The lowest BCUT2D eigenvalue weighted by Gasteiger charge is -2.34. The molecule has 0 atom stereocenters. The molecular weight excluding hydrogens is 384 g/mol. The maximum atomic E-state index is 12.6. The van der Waals surface area contributed by atoms with Crippen LogP contribution in [-0.2, 0) is 4.79 Å². The van der Waals surface area contributed by atoms with Gasteiger partial charge in [0.2, 0.25) is 11.6 Å². The van der Waals surface area contributed by atoms with Crippen LogP contribution in [0.1, 0.15) is 16.8 Å². The minimum Gasteiger partial charge on any atom is -0.483 e. The van der Waals surface area contributed by atoms with E-state index in [1.807, 2.05) is 36.9 Å². The second-order valence-corrected chi connectivity index (χ2v) is 7.14. The first-order valence-corrected chi connectivity index (χ1v) is 9.73. The van der Waals surface area contributed by atoms with Crippen LogP contribution in [0.15, 0.2) is 45.4 Å². The van der Waals surface area contributed by atoms with Gasteiger partial charge in [-0.25, -0.2) is 0 Å². The predicted molar refractivity (Wildman–Crippen MR) is 109 cm³/mol. The number of hydrogen-bond donors (Lipinski definition) is 0. The number of nitriles is 1. The first-order valence-electron chi connectivity index (χ1n) is 9.73. The minimum absolute atomic E-state index is 0.0000874. The average Bonchev–Trinajstić information content (AvgIpc) is 3.43. The molecule has 3 heterocycles. The van der Waals surface area contributed by atoms with Crippen molar-refractivity contribution in [3.8, 4) is 23.5 Å². The van der Waals surface area contributed by atoms with E-state index >= 15 is 0 Å². The lowest BCUT2D eigenvalue weighted by molar-refractivity contribution is -0.133. The number of ether oxygens (including phenoxy) is 1. The first-order chi connectivity index (χ1) is 14.6. The van der Waals surface area contributed by atoms with Gasteiger partial charge in [0.1, 0.15) is 11.8 Å². The van der Waals surface area contributed by atoms with Gasteiger partial charge in [0.15, 0.2) is 12.4 Å². The van der Waals surface area contributed by atoms with Crippen LogP contribution >= 0.6 is 0 Å². The van der Waals surface area contributed by atoms with Crippen LogP contribution in [0.25, 0.3) is 11.7 Å². The van der Waals surface area contributed by atoms with E-state index in [0.29, 0.717) is 37.8 Å². The molecule has 0 saturated carbocycles. The van der Waals surface area contributed by atoms with E-state index in [0.717, 1.165) is 16.9 Å². The van der Waals surface area contributed by atoms with E-state index < -0.39 is 0 Å². The number of carbonyl (C=O) groups is 1. The number of oxazole rings is 1. The van der Waals surface area contributed by atoms with Crippen molar-refractivity contribution in [2.24, 2.45) is 0 Å². The molecule has 0 spiro atoms. The van der Waals surface area contributed by atoms with Crippen LogP contribution in [0.4, 0.5) is 5.88 Å². The largest absolute Gasteiger partial charge is 0.483 e. The molecule has 1 fully saturated rings. The summed E-state index contributed by atoms with van der Waals surface area (Å²) in [4.78, 5) is 20.5. The number of aryl methyl sites for hydroxylation is 2. The van der Waals surface area contributed by atoms with E-state index in [-0.39, 0.29) is 24.1 Å². The molecule has 1 aromatic carbocycles. The quantitative estimate of drug-likeness (QED) is 0.642. The lowest BCUT2D eigenvalue weighted by atomic mass is 10.1. The smallest absolute Gasteiger partial charge is 0.266 e. The number of rotatable bonds is 5. The number of anilines is 1. The van der Waals surface area contributed by atoms with Crippen molar-refractivity contribution < 1.29 is 18.4 Å². The second-order valence-electron chi connectivity index (χ2n) is 7.14. The SMILES string of the molecule is Cc1cccc(C)c1OCC(=O)N1CCN(c2oc(-c3ccco3)nc2C#N)CC1. The zero-order chi connectivity index (χ0) is 21.1. The number of piperazine rings is 1. The Bertz CT molecular complexity index is 1050. The molecule has 1 saturated heterocycles. The van der Waals surface area contributed by atoms with Crippen molar-refractivity contribution in [2.45, 2.75) is 13.8 Å². The fourth-order valence-electron chi connectivity index (χ4n) is 3.52. The molecule has 0 unspecified atom stereocenters. The highest BCUT2D eigenvalue weighted by atomic mass is 16.5. The summed E-state index contributed by atoms with van der Waals surface area (Å²) in [6.45, 7) is 6.03. The van der Waals surface area contributed by atoms with Crippen molar-refractivity contribution in [2.75, 3.05) is 37.7 Å². The van der Waals surface area contributed by atoms with Gasteiger partial charge < -0.3 is 23.4 Å². The summed E-state index contributed by atoms with van der Waals surface area (Å²) >= 11 is 0. The Morgan fingerprint density at radius 2 is 1.90 bits per heavy atom. The maximum Gasteiger partial charge on any atom is 0.266 e. The van der Waals surface area contributed by atoms with Gasteiger partial charge in [-0.15, -0.1) is 0 Å². The second kappa shape index (κ2) is 8.33. The number of benzene rings is 1. The number of para-hydroxylation sites is 1. The Labute approximate surface area is 174 Å². The Morgan fingerprint density at radius 1 is 1.17 bits per heavy atom. The average molecular weight is 406 g/mol. The molecule has 0 radical (unpaired) electrons. The predicted octanol–water partition coefficient (Wildman–Crippen LogP) is 3.15. The van der Waals surface area contributed by atoms with Gasteiger partial charge in [0, 0.05) is 26.2 Å². The molecule has 4 rings (SSSR count). The van der Waals surface area contributed by atoms with Crippen LogP contribution in [0.2, 0.25) is 0 Å². The molecule has 8 heteroatoms. The molecule has 0 bridgehead atoms. The standard InChI is InChI=1S/C22H22N4O4/c1-15-5-3-6-16(2)20(15)29-14-19(27)25-8-10-26(11-9-25)22-17(13-23)24-21(30-22)18-7-4-12-28-18/h3-7,12H,8-11,14H2,1-2H3. The van der Waals surface area contributed by atoms with Crippen LogP contribution in [-0.4, -0.2) is 48.6 Å². The third-order valence-corrected chi connectivity index (χ3v) is 5.12. The van der Waals surface area contributed by atoms with E-state index in [4.69, 9.17) is 13.6 Å². The first kappa shape index (κ1) is 19.6. The summed E-state index contributed by atoms with van der Waals surface area (Å²) in [6, 6.07) is 11.4. The highest BCUT2D eigenvalue weighted by molar-refractivity contribution is 5.78. The molecular formula is C22H22N4O4. The molecule has 3 aromatic rings. The normalized spacial score (nSPS) is 13.9. The van der Waals surface area contributed by atoms with Crippen LogP contribution in [0.3, 0.4) is 0 Å². The van der Waals surface area contributed by atoms with Crippen molar-refractivity contribution in [1.29, 1.82) is 5.26 Å². The lowest BCUT2D eigenvalue weighted by Crippen LogP contribution is -2.50. The summed E-state index contributed by atoms with van der Waals surface area (Å²) < 4.78 is 16.9. The summed E-state index contributed by atoms with van der Waals surface area (Å²) in [5.74, 6) is 1.84. The van der Waals surface area contributed by atoms with Gasteiger partial charge in [-0.1, -0.05) is 18.2 Å². The highest BCUT2D eigenvalue weighted by Gasteiger charge is 2.27. The molecule has 2 aromatic heterocycles. The summed E-state index contributed by atoms with van der Waals surface area (Å²) in [5.41, 5.74) is 2.23. The van der Waals surface area contributed by atoms with Crippen LogP contribution < -0.4 is 9.64 Å².